The van der Waals surface area contributed by atoms with E-state index in [0.717, 1.165) is 18.9 Å². The van der Waals surface area contributed by atoms with Crippen LogP contribution in [0.4, 0.5) is 8.78 Å². The van der Waals surface area contributed by atoms with E-state index < -0.39 is 22.5 Å². The second-order valence-corrected chi connectivity index (χ2v) is 8.55. The highest BCUT2D eigenvalue weighted by Gasteiger charge is 2.50. The summed E-state index contributed by atoms with van der Waals surface area (Å²) in [5.41, 5.74) is -0.868. The lowest BCUT2D eigenvalue weighted by molar-refractivity contribution is -0.147. The second kappa shape index (κ2) is 6.63. The van der Waals surface area contributed by atoms with Crippen LogP contribution in [-0.2, 0) is 16.1 Å². The first kappa shape index (κ1) is 18.8. The van der Waals surface area contributed by atoms with Gasteiger partial charge in [0.25, 0.3) is 0 Å². The number of nitrogens with zero attached hydrogens (tertiary/aromatic N) is 2. The predicted molar refractivity (Wildman–Crippen MR) is 94.1 cm³/mol. The number of likely N-dealkylation sites (tertiary alicyclic amines) is 2. The van der Waals surface area contributed by atoms with Crippen LogP contribution >= 0.6 is 0 Å². The van der Waals surface area contributed by atoms with Crippen molar-refractivity contribution in [2.24, 2.45) is 10.8 Å². The summed E-state index contributed by atoms with van der Waals surface area (Å²) < 4.78 is 27.4. The van der Waals surface area contributed by atoms with Crippen LogP contribution in [0.2, 0.25) is 0 Å². The van der Waals surface area contributed by atoms with E-state index in [1.807, 2.05) is 20.8 Å². The summed E-state index contributed by atoms with van der Waals surface area (Å²) in [6.07, 6.45) is 2.18. The summed E-state index contributed by atoms with van der Waals surface area (Å²) in [5, 5.41) is 0. The van der Waals surface area contributed by atoms with E-state index in [1.165, 1.54) is 12.1 Å². The van der Waals surface area contributed by atoms with Crippen molar-refractivity contribution < 1.29 is 18.4 Å². The summed E-state index contributed by atoms with van der Waals surface area (Å²) in [5.74, 6) is -1.78. The van der Waals surface area contributed by atoms with Crippen molar-refractivity contribution in [3.63, 3.8) is 0 Å². The molecule has 142 valence electrons. The minimum atomic E-state index is -0.899. The Balaban J connectivity index is 1.76. The number of carbonyl (C=O) groups is 2. The molecule has 0 aromatic heterocycles. The highest BCUT2D eigenvalue weighted by atomic mass is 19.2. The van der Waals surface area contributed by atoms with Gasteiger partial charge in [0, 0.05) is 37.2 Å². The van der Waals surface area contributed by atoms with Crippen LogP contribution in [0.5, 0.6) is 0 Å². The predicted octanol–water partition coefficient (Wildman–Crippen LogP) is 3.35. The van der Waals surface area contributed by atoms with Crippen LogP contribution in [0, 0.1) is 22.5 Å². The van der Waals surface area contributed by atoms with Gasteiger partial charge >= 0.3 is 0 Å². The SMILES string of the molecule is CC(C)(C)C(=O)N1CC[C@]2(CCCN(Cc3cccc(F)c3F)C2=O)C1. The monoisotopic (exact) mass is 364 g/mol. The first-order chi connectivity index (χ1) is 12.1. The highest BCUT2D eigenvalue weighted by molar-refractivity contribution is 5.87. The maximum atomic E-state index is 14.0. The van der Waals surface area contributed by atoms with Gasteiger partial charge in [-0.2, -0.15) is 0 Å². The number of benzene rings is 1. The Hall–Kier alpha value is -1.98. The first-order valence-electron chi connectivity index (χ1n) is 9.16. The van der Waals surface area contributed by atoms with Gasteiger partial charge in [0.05, 0.1) is 5.41 Å². The fraction of sp³-hybridized carbons (Fsp3) is 0.600. The van der Waals surface area contributed by atoms with Crippen molar-refractivity contribution in [3.05, 3.63) is 35.4 Å². The van der Waals surface area contributed by atoms with E-state index in [-0.39, 0.29) is 23.9 Å². The molecule has 0 aliphatic carbocycles. The van der Waals surface area contributed by atoms with Gasteiger partial charge in [0.15, 0.2) is 11.6 Å². The van der Waals surface area contributed by atoms with Crippen molar-refractivity contribution in [1.29, 1.82) is 0 Å². The fourth-order valence-electron chi connectivity index (χ4n) is 4.08. The van der Waals surface area contributed by atoms with Gasteiger partial charge in [-0.25, -0.2) is 8.78 Å². The molecule has 3 rings (SSSR count). The van der Waals surface area contributed by atoms with Crippen LogP contribution in [0.25, 0.3) is 0 Å². The summed E-state index contributed by atoms with van der Waals surface area (Å²) in [6.45, 7) is 7.22. The van der Waals surface area contributed by atoms with Crippen LogP contribution < -0.4 is 0 Å². The van der Waals surface area contributed by atoms with Gasteiger partial charge in [0.2, 0.25) is 11.8 Å². The Morgan fingerprint density at radius 3 is 2.62 bits per heavy atom. The third-order valence-corrected chi connectivity index (χ3v) is 5.50. The van der Waals surface area contributed by atoms with E-state index in [9.17, 15) is 18.4 Å². The van der Waals surface area contributed by atoms with E-state index >= 15 is 0 Å². The zero-order valence-corrected chi connectivity index (χ0v) is 15.6. The normalized spacial score (nSPS) is 23.8. The Labute approximate surface area is 153 Å². The molecule has 0 saturated carbocycles. The van der Waals surface area contributed by atoms with Gasteiger partial charge in [-0.05, 0) is 25.3 Å². The van der Waals surface area contributed by atoms with E-state index in [4.69, 9.17) is 0 Å². The minimum absolute atomic E-state index is 0.0448. The van der Waals surface area contributed by atoms with Gasteiger partial charge in [-0.15, -0.1) is 0 Å². The van der Waals surface area contributed by atoms with Crippen molar-refractivity contribution in [3.8, 4) is 0 Å². The molecule has 2 saturated heterocycles. The van der Waals surface area contributed by atoms with Crippen LogP contribution in [0.15, 0.2) is 18.2 Å². The third-order valence-electron chi connectivity index (χ3n) is 5.50. The van der Waals surface area contributed by atoms with E-state index in [0.29, 0.717) is 26.1 Å². The molecule has 2 fully saturated rings. The lowest BCUT2D eigenvalue weighted by Gasteiger charge is -2.39. The molecule has 6 heteroatoms. The smallest absolute Gasteiger partial charge is 0.230 e. The standard InChI is InChI=1S/C20H26F2N2O2/c1-19(2,3)17(25)24-11-9-20(13-24)8-5-10-23(18(20)26)12-14-6-4-7-15(21)16(14)22/h4,6-7H,5,8-13H2,1-3H3/t20-/m1/s1. The zero-order valence-electron chi connectivity index (χ0n) is 15.6. The highest BCUT2D eigenvalue weighted by Crippen LogP contribution is 2.41. The minimum Gasteiger partial charge on any atom is -0.341 e. The Bertz CT molecular complexity index is 729. The molecule has 0 bridgehead atoms. The summed E-state index contributed by atoms with van der Waals surface area (Å²) >= 11 is 0. The molecule has 1 spiro atoms. The summed E-state index contributed by atoms with van der Waals surface area (Å²) in [7, 11) is 0. The van der Waals surface area contributed by atoms with E-state index in [1.54, 1.807) is 9.80 Å². The van der Waals surface area contributed by atoms with Crippen LogP contribution in [0.1, 0.15) is 45.6 Å². The second-order valence-electron chi connectivity index (χ2n) is 8.55. The zero-order chi connectivity index (χ0) is 19.1. The number of piperidine rings is 1. The molecule has 2 aliphatic heterocycles. The molecular formula is C20H26F2N2O2. The van der Waals surface area contributed by atoms with Crippen molar-refractivity contribution in [1.82, 2.24) is 9.80 Å². The van der Waals surface area contributed by atoms with Crippen LogP contribution in [-0.4, -0.2) is 41.2 Å². The van der Waals surface area contributed by atoms with Gasteiger partial charge in [-0.3, -0.25) is 9.59 Å². The van der Waals surface area contributed by atoms with Crippen molar-refractivity contribution >= 4 is 11.8 Å². The van der Waals surface area contributed by atoms with Crippen LogP contribution in [0.3, 0.4) is 0 Å². The number of hydrogen-bond acceptors (Lipinski definition) is 2. The largest absolute Gasteiger partial charge is 0.341 e. The topological polar surface area (TPSA) is 40.6 Å². The molecule has 26 heavy (non-hydrogen) atoms. The molecule has 2 heterocycles. The maximum Gasteiger partial charge on any atom is 0.230 e. The Morgan fingerprint density at radius 2 is 1.92 bits per heavy atom. The number of amides is 2. The molecule has 0 unspecified atom stereocenters. The lowest BCUT2D eigenvalue weighted by Crippen LogP contribution is -2.50. The number of carbonyl (C=O) groups excluding carboxylic acids is 2. The van der Waals surface area contributed by atoms with Crippen molar-refractivity contribution in [2.75, 3.05) is 19.6 Å². The first-order valence-corrected chi connectivity index (χ1v) is 9.16. The van der Waals surface area contributed by atoms with Crippen molar-refractivity contribution in [2.45, 2.75) is 46.6 Å². The number of hydrogen-bond donors (Lipinski definition) is 0. The molecule has 2 aliphatic rings. The number of rotatable bonds is 2. The molecule has 0 radical (unpaired) electrons. The Kier molecular flexibility index (Phi) is 4.80. The molecule has 1 aromatic carbocycles. The van der Waals surface area contributed by atoms with Gasteiger partial charge in [0.1, 0.15) is 0 Å². The average molecular weight is 364 g/mol. The molecule has 4 nitrogen and oxygen atoms in total. The molecule has 2 amide bonds. The van der Waals surface area contributed by atoms with Gasteiger partial charge in [-0.1, -0.05) is 32.9 Å². The summed E-state index contributed by atoms with van der Waals surface area (Å²) in [6, 6.07) is 4.04. The lowest BCUT2D eigenvalue weighted by atomic mass is 9.78. The summed E-state index contributed by atoms with van der Waals surface area (Å²) in [4.78, 5) is 29.1. The molecular weight excluding hydrogens is 338 g/mol. The van der Waals surface area contributed by atoms with E-state index in [2.05, 4.69) is 0 Å². The van der Waals surface area contributed by atoms with Gasteiger partial charge < -0.3 is 9.80 Å². The molecule has 1 aromatic rings. The molecule has 1 atom stereocenters. The third kappa shape index (κ3) is 3.33. The molecule has 0 N–H and O–H groups in total. The average Bonchev–Trinajstić information content (AvgIpc) is 2.99. The Morgan fingerprint density at radius 1 is 1.19 bits per heavy atom. The number of halogens is 2. The fourth-order valence-corrected chi connectivity index (χ4v) is 4.08. The quantitative estimate of drug-likeness (QED) is 0.807. The maximum absolute atomic E-state index is 14.0.